The molecule has 0 aromatic heterocycles. The van der Waals surface area contributed by atoms with E-state index in [1.54, 1.807) is 6.92 Å². The molecule has 0 heterocycles. The maximum absolute atomic E-state index is 12.7. The van der Waals surface area contributed by atoms with Gasteiger partial charge >= 0.3 is 18.2 Å². The Morgan fingerprint density at radius 1 is 1.38 bits per heavy atom. The molecule has 21 heavy (non-hydrogen) atoms. The molecule has 0 aliphatic rings. The van der Waals surface area contributed by atoms with Gasteiger partial charge in [-0.2, -0.15) is 13.2 Å². The zero-order chi connectivity index (χ0) is 16.2. The molecule has 0 saturated heterocycles. The topological polar surface area (TPSA) is 69.6 Å². The van der Waals surface area contributed by atoms with E-state index in [0.717, 1.165) is 11.0 Å². The minimum Gasteiger partial charge on any atom is -0.480 e. The molecule has 116 valence electrons. The first kappa shape index (κ1) is 17.1. The Hall–Kier alpha value is -1.96. The molecule has 9 heteroatoms. The van der Waals surface area contributed by atoms with Gasteiger partial charge in [0.25, 0.3) is 0 Å². The number of amides is 2. The third-order valence-electron chi connectivity index (χ3n) is 2.52. The van der Waals surface area contributed by atoms with Crippen LogP contribution in [0.2, 0.25) is 5.02 Å². The van der Waals surface area contributed by atoms with Gasteiger partial charge in [0, 0.05) is 12.2 Å². The molecule has 1 aromatic rings. The number of carbonyl (C=O) groups excluding carboxylic acids is 1. The van der Waals surface area contributed by atoms with Crippen molar-refractivity contribution in [3.8, 4) is 0 Å². The van der Waals surface area contributed by atoms with Crippen LogP contribution in [0.5, 0.6) is 0 Å². The van der Waals surface area contributed by atoms with Gasteiger partial charge in [-0.15, -0.1) is 0 Å². The lowest BCUT2D eigenvalue weighted by atomic mass is 10.2. The summed E-state index contributed by atoms with van der Waals surface area (Å²) in [7, 11) is 0. The fourth-order valence-corrected chi connectivity index (χ4v) is 1.74. The van der Waals surface area contributed by atoms with E-state index >= 15 is 0 Å². The number of carbonyl (C=O) groups is 2. The highest BCUT2D eigenvalue weighted by molar-refractivity contribution is 6.31. The summed E-state index contributed by atoms with van der Waals surface area (Å²) in [5, 5.41) is 10.3. The zero-order valence-corrected chi connectivity index (χ0v) is 11.6. The van der Waals surface area contributed by atoms with E-state index in [9.17, 15) is 22.8 Å². The predicted molar refractivity (Wildman–Crippen MR) is 70.4 cm³/mol. The molecule has 0 radical (unpaired) electrons. The Bertz CT molecular complexity index is 549. The number of aliphatic carboxylic acids is 1. The summed E-state index contributed by atoms with van der Waals surface area (Å²) in [4.78, 5) is 23.3. The van der Waals surface area contributed by atoms with E-state index in [0.29, 0.717) is 6.07 Å². The summed E-state index contributed by atoms with van der Waals surface area (Å²) >= 11 is 5.46. The maximum atomic E-state index is 12.7. The molecule has 2 N–H and O–H groups in total. The number of benzene rings is 1. The molecule has 0 spiro atoms. The Morgan fingerprint density at radius 3 is 2.48 bits per heavy atom. The molecule has 1 rings (SSSR count). The van der Waals surface area contributed by atoms with Crippen LogP contribution in [0, 0.1) is 0 Å². The smallest absolute Gasteiger partial charge is 0.417 e. The third-order valence-corrected chi connectivity index (χ3v) is 2.85. The van der Waals surface area contributed by atoms with Gasteiger partial charge in [0.15, 0.2) is 0 Å². The van der Waals surface area contributed by atoms with Crippen molar-refractivity contribution < 1.29 is 27.9 Å². The fourth-order valence-electron chi connectivity index (χ4n) is 1.51. The van der Waals surface area contributed by atoms with Gasteiger partial charge in [-0.3, -0.25) is 4.79 Å². The molecule has 5 nitrogen and oxygen atoms in total. The van der Waals surface area contributed by atoms with Crippen LogP contribution < -0.4 is 5.32 Å². The molecule has 0 saturated carbocycles. The van der Waals surface area contributed by atoms with Crippen LogP contribution in [0.4, 0.5) is 23.7 Å². The van der Waals surface area contributed by atoms with Gasteiger partial charge in [0.1, 0.15) is 6.54 Å². The second-order valence-corrected chi connectivity index (χ2v) is 4.44. The first-order valence-electron chi connectivity index (χ1n) is 5.79. The first-order valence-corrected chi connectivity index (χ1v) is 6.17. The average Bonchev–Trinajstić information content (AvgIpc) is 2.36. The monoisotopic (exact) mass is 324 g/mol. The number of carboxylic acid groups (broad SMARTS) is 1. The number of nitrogens with zero attached hydrogens (tertiary/aromatic N) is 1. The number of likely N-dealkylation sites (N-methyl/N-ethyl adjacent to an activating group) is 1. The average molecular weight is 325 g/mol. The number of anilines is 1. The molecule has 2 amide bonds. The summed E-state index contributed by atoms with van der Waals surface area (Å²) in [5.41, 5.74) is -1.20. The van der Waals surface area contributed by atoms with Gasteiger partial charge in [-0.1, -0.05) is 11.6 Å². The van der Waals surface area contributed by atoms with Crippen LogP contribution in [-0.2, 0) is 11.0 Å². The van der Waals surface area contributed by atoms with Gasteiger partial charge in [0.2, 0.25) is 0 Å². The molecule has 0 atom stereocenters. The highest BCUT2D eigenvalue weighted by Crippen LogP contribution is 2.36. The highest BCUT2D eigenvalue weighted by Gasteiger charge is 2.33. The molecule has 0 aliphatic heterocycles. The first-order chi connectivity index (χ1) is 9.65. The molecule has 0 fully saturated rings. The number of urea groups is 1. The SMILES string of the molecule is CCN(CC(=O)O)C(=O)Nc1ccc(Cl)c(C(F)(F)F)c1. The Labute approximate surface area is 123 Å². The van der Waals surface area contributed by atoms with Crippen molar-refractivity contribution in [3.05, 3.63) is 28.8 Å². The van der Waals surface area contributed by atoms with E-state index < -0.39 is 35.3 Å². The van der Waals surface area contributed by atoms with Crippen molar-refractivity contribution in [2.24, 2.45) is 0 Å². The lowest BCUT2D eigenvalue weighted by Gasteiger charge is -2.19. The number of carboxylic acids is 1. The van der Waals surface area contributed by atoms with Crippen molar-refractivity contribution in [1.82, 2.24) is 4.90 Å². The predicted octanol–water partition coefficient (Wildman–Crippen LogP) is 3.30. The third kappa shape index (κ3) is 4.82. The van der Waals surface area contributed by atoms with Crippen molar-refractivity contribution in [1.29, 1.82) is 0 Å². The highest BCUT2D eigenvalue weighted by atomic mass is 35.5. The Balaban J connectivity index is 2.93. The number of hydrogen-bond donors (Lipinski definition) is 2. The standard InChI is InChI=1S/C12H12ClF3N2O3/c1-2-18(6-10(19)20)11(21)17-7-3-4-9(13)8(5-7)12(14,15)16/h3-5H,2,6H2,1H3,(H,17,21)(H,19,20). The Kier molecular flexibility index (Phi) is 5.42. The lowest BCUT2D eigenvalue weighted by Crippen LogP contribution is -2.38. The minimum absolute atomic E-state index is 0.0951. The van der Waals surface area contributed by atoms with E-state index in [1.165, 1.54) is 6.07 Å². The van der Waals surface area contributed by atoms with Crippen molar-refractivity contribution in [3.63, 3.8) is 0 Å². The molecule has 0 unspecified atom stereocenters. The minimum atomic E-state index is -4.65. The van der Waals surface area contributed by atoms with E-state index in [2.05, 4.69) is 5.32 Å². The van der Waals surface area contributed by atoms with Gasteiger partial charge < -0.3 is 15.3 Å². The number of halogens is 4. The largest absolute Gasteiger partial charge is 0.480 e. The van der Waals surface area contributed by atoms with Crippen molar-refractivity contribution in [2.45, 2.75) is 13.1 Å². The number of hydrogen-bond acceptors (Lipinski definition) is 2. The number of rotatable bonds is 4. The van der Waals surface area contributed by atoms with Crippen LogP contribution in [0.25, 0.3) is 0 Å². The van der Waals surface area contributed by atoms with Gasteiger partial charge in [-0.25, -0.2) is 4.79 Å². The van der Waals surface area contributed by atoms with Crippen LogP contribution in [0.1, 0.15) is 12.5 Å². The quantitative estimate of drug-likeness (QED) is 0.892. The van der Waals surface area contributed by atoms with Gasteiger partial charge in [0.05, 0.1) is 10.6 Å². The maximum Gasteiger partial charge on any atom is 0.417 e. The van der Waals surface area contributed by atoms with Gasteiger partial charge in [-0.05, 0) is 25.1 Å². The molecular formula is C12H12ClF3N2O3. The fraction of sp³-hybridized carbons (Fsp3) is 0.333. The van der Waals surface area contributed by atoms with E-state index in [-0.39, 0.29) is 12.2 Å². The summed E-state index contributed by atoms with van der Waals surface area (Å²) in [6.07, 6.45) is -4.65. The summed E-state index contributed by atoms with van der Waals surface area (Å²) in [6, 6.07) is 2.09. The summed E-state index contributed by atoms with van der Waals surface area (Å²) in [5.74, 6) is -1.22. The molecule has 0 bridgehead atoms. The van der Waals surface area contributed by atoms with Crippen LogP contribution in [-0.4, -0.2) is 35.1 Å². The molecule has 0 aliphatic carbocycles. The zero-order valence-electron chi connectivity index (χ0n) is 10.9. The normalized spacial score (nSPS) is 11.1. The van der Waals surface area contributed by atoms with Crippen molar-refractivity contribution in [2.75, 3.05) is 18.4 Å². The van der Waals surface area contributed by atoms with Crippen LogP contribution in [0.3, 0.4) is 0 Å². The van der Waals surface area contributed by atoms with Crippen LogP contribution >= 0.6 is 11.6 Å². The Morgan fingerprint density at radius 2 is 2.00 bits per heavy atom. The van der Waals surface area contributed by atoms with E-state index in [4.69, 9.17) is 16.7 Å². The lowest BCUT2D eigenvalue weighted by molar-refractivity contribution is -0.138. The summed E-state index contributed by atoms with van der Waals surface area (Å²) < 4.78 is 38.0. The molecular weight excluding hydrogens is 313 g/mol. The number of nitrogens with one attached hydrogen (secondary N) is 1. The second kappa shape index (κ2) is 6.66. The summed E-state index contributed by atoms with van der Waals surface area (Å²) in [6.45, 7) is 1.09. The van der Waals surface area contributed by atoms with Crippen molar-refractivity contribution >= 4 is 29.3 Å². The number of alkyl halides is 3. The van der Waals surface area contributed by atoms with E-state index in [1.807, 2.05) is 0 Å². The molecule has 1 aromatic carbocycles. The van der Waals surface area contributed by atoms with Crippen LogP contribution in [0.15, 0.2) is 18.2 Å². The second-order valence-electron chi connectivity index (χ2n) is 4.03.